The maximum Gasteiger partial charge on any atom is 0.0229 e. The fraction of sp³-hybridized carbons (Fsp3) is 1.00. The van der Waals surface area contributed by atoms with Crippen LogP contribution in [0.2, 0.25) is 0 Å². The Kier molecular flexibility index (Phi) is 2.87. The van der Waals surface area contributed by atoms with E-state index in [4.69, 9.17) is 0 Å². The lowest BCUT2D eigenvalue weighted by atomic mass is 10.1. The third-order valence-electron chi connectivity index (χ3n) is 2.36. The number of nitrogens with zero attached hydrogens (tertiary/aromatic N) is 1. The van der Waals surface area contributed by atoms with Gasteiger partial charge < -0.3 is 0 Å². The van der Waals surface area contributed by atoms with E-state index in [1.54, 1.807) is 0 Å². The van der Waals surface area contributed by atoms with Crippen molar-refractivity contribution in [1.29, 1.82) is 0 Å². The van der Waals surface area contributed by atoms with Crippen molar-refractivity contribution in [2.75, 3.05) is 0 Å². The van der Waals surface area contributed by atoms with E-state index in [0.717, 1.165) is 6.04 Å². The molecule has 0 aromatic heterocycles. The summed E-state index contributed by atoms with van der Waals surface area (Å²) in [6.07, 6.45) is 5.44. The van der Waals surface area contributed by atoms with Gasteiger partial charge in [0, 0.05) is 11.6 Å². The van der Waals surface area contributed by atoms with Crippen molar-refractivity contribution >= 4 is 12.8 Å². The number of rotatable bonds is 1. The van der Waals surface area contributed by atoms with Crippen molar-refractivity contribution < 1.29 is 0 Å². The maximum atomic E-state index is 4.54. The largest absolute Gasteiger partial charge is 0.245 e. The molecular formula is C9H19NS. The fourth-order valence-electron chi connectivity index (χ4n) is 1.70. The Morgan fingerprint density at radius 2 is 1.64 bits per heavy atom. The van der Waals surface area contributed by atoms with E-state index >= 15 is 0 Å². The average Bonchev–Trinajstić information content (AvgIpc) is 2.34. The Balaban J connectivity index is 2.46. The molecule has 0 bridgehead atoms. The van der Waals surface area contributed by atoms with Gasteiger partial charge in [-0.25, -0.2) is 4.31 Å². The van der Waals surface area contributed by atoms with E-state index in [1.165, 1.54) is 25.7 Å². The van der Waals surface area contributed by atoms with Gasteiger partial charge in [-0.15, -0.1) is 0 Å². The number of hydrogen-bond acceptors (Lipinski definition) is 2. The quantitative estimate of drug-likeness (QED) is 0.597. The summed E-state index contributed by atoms with van der Waals surface area (Å²) in [5.74, 6) is 0. The van der Waals surface area contributed by atoms with Crippen LogP contribution in [-0.4, -0.2) is 15.9 Å². The fourth-order valence-corrected chi connectivity index (χ4v) is 1.93. The molecular weight excluding hydrogens is 154 g/mol. The molecule has 0 N–H and O–H groups in total. The Morgan fingerprint density at radius 1 is 1.18 bits per heavy atom. The van der Waals surface area contributed by atoms with Crippen LogP contribution in [0.5, 0.6) is 0 Å². The van der Waals surface area contributed by atoms with Crippen LogP contribution >= 0.6 is 12.8 Å². The zero-order valence-corrected chi connectivity index (χ0v) is 8.69. The van der Waals surface area contributed by atoms with Crippen LogP contribution in [0.4, 0.5) is 0 Å². The average molecular weight is 173 g/mol. The first-order chi connectivity index (χ1) is 5.02. The van der Waals surface area contributed by atoms with Crippen LogP contribution in [-0.2, 0) is 0 Å². The van der Waals surface area contributed by atoms with Gasteiger partial charge in [0.05, 0.1) is 0 Å². The minimum atomic E-state index is 0.220. The van der Waals surface area contributed by atoms with Gasteiger partial charge >= 0.3 is 0 Å². The van der Waals surface area contributed by atoms with Crippen LogP contribution < -0.4 is 0 Å². The number of thiol groups is 1. The van der Waals surface area contributed by atoms with Gasteiger partial charge in [0.2, 0.25) is 0 Å². The summed E-state index contributed by atoms with van der Waals surface area (Å²) in [6.45, 7) is 6.66. The zero-order chi connectivity index (χ0) is 8.48. The van der Waals surface area contributed by atoms with Gasteiger partial charge in [-0.2, -0.15) is 0 Å². The Bertz CT molecular complexity index is 122. The molecule has 0 radical (unpaired) electrons. The molecule has 0 atom stereocenters. The van der Waals surface area contributed by atoms with Crippen molar-refractivity contribution in [3.8, 4) is 0 Å². The van der Waals surface area contributed by atoms with Gasteiger partial charge in [0.25, 0.3) is 0 Å². The summed E-state index contributed by atoms with van der Waals surface area (Å²) in [5.41, 5.74) is 0.220. The summed E-state index contributed by atoms with van der Waals surface area (Å²) in [6, 6.07) is 0.721. The molecule has 0 aliphatic heterocycles. The molecule has 0 amide bonds. The molecule has 1 aliphatic rings. The first kappa shape index (κ1) is 9.40. The summed E-state index contributed by atoms with van der Waals surface area (Å²) < 4.78 is 2.22. The second-order valence-electron chi connectivity index (χ2n) is 4.45. The van der Waals surface area contributed by atoms with Crippen molar-refractivity contribution in [1.82, 2.24) is 4.31 Å². The predicted molar refractivity (Wildman–Crippen MR) is 52.8 cm³/mol. The highest BCUT2D eigenvalue weighted by atomic mass is 32.1. The van der Waals surface area contributed by atoms with Crippen LogP contribution in [0.15, 0.2) is 0 Å². The Hall–Kier alpha value is 0.310. The standard InChI is InChI=1S/C9H19NS/c1-9(2,3)10(11)8-6-4-5-7-8/h8,11H,4-7H2,1-3H3. The van der Waals surface area contributed by atoms with E-state index in [9.17, 15) is 0 Å². The molecule has 1 aliphatic carbocycles. The topological polar surface area (TPSA) is 3.24 Å². The van der Waals surface area contributed by atoms with Crippen molar-refractivity contribution in [2.24, 2.45) is 0 Å². The lowest BCUT2D eigenvalue weighted by Gasteiger charge is -2.35. The van der Waals surface area contributed by atoms with Crippen LogP contribution in [0, 0.1) is 0 Å². The minimum absolute atomic E-state index is 0.220. The highest BCUT2D eigenvalue weighted by Gasteiger charge is 2.28. The highest BCUT2D eigenvalue weighted by molar-refractivity contribution is 7.77. The summed E-state index contributed by atoms with van der Waals surface area (Å²) in [7, 11) is 0. The van der Waals surface area contributed by atoms with Crippen LogP contribution in [0.25, 0.3) is 0 Å². The molecule has 2 heteroatoms. The molecule has 0 aromatic carbocycles. The van der Waals surface area contributed by atoms with Gasteiger partial charge in [-0.3, -0.25) is 0 Å². The summed E-state index contributed by atoms with van der Waals surface area (Å²) >= 11 is 4.54. The SMILES string of the molecule is CC(C)(C)N(S)C1CCCC1. The molecule has 1 rings (SSSR count). The van der Waals surface area contributed by atoms with Gasteiger partial charge in [0.15, 0.2) is 0 Å². The number of hydrogen-bond donors (Lipinski definition) is 1. The van der Waals surface area contributed by atoms with Crippen LogP contribution in [0.1, 0.15) is 46.5 Å². The van der Waals surface area contributed by atoms with Crippen molar-refractivity contribution in [2.45, 2.75) is 58.0 Å². The third kappa shape index (κ3) is 2.38. The van der Waals surface area contributed by atoms with E-state index in [2.05, 4.69) is 37.9 Å². The van der Waals surface area contributed by atoms with E-state index < -0.39 is 0 Å². The first-order valence-corrected chi connectivity index (χ1v) is 4.90. The Morgan fingerprint density at radius 3 is 2.00 bits per heavy atom. The van der Waals surface area contributed by atoms with Gasteiger partial charge in [0.1, 0.15) is 0 Å². The summed E-state index contributed by atoms with van der Waals surface area (Å²) in [5, 5.41) is 0. The van der Waals surface area contributed by atoms with Crippen LogP contribution in [0.3, 0.4) is 0 Å². The van der Waals surface area contributed by atoms with Crippen molar-refractivity contribution in [3.05, 3.63) is 0 Å². The van der Waals surface area contributed by atoms with Crippen molar-refractivity contribution in [3.63, 3.8) is 0 Å². The Labute approximate surface area is 75.7 Å². The third-order valence-corrected chi connectivity index (χ3v) is 3.28. The second-order valence-corrected chi connectivity index (χ2v) is 4.88. The van der Waals surface area contributed by atoms with E-state index in [1.807, 2.05) is 0 Å². The normalized spacial score (nSPS) is 21.5. The molecule has 11 heavy (non-hydrogen) atoms. The van der Waals surface area contributed by atoms with E-state index in [-0.39, 0.29) is 5.54 Å². The predicted octanol–water partition coefficient (Wildman–Crippen LogP) is 2.87. The van der Waals surface area contributed by atoms with Gasteiger partial charge in [-0.05, 0) is 33.6 Å². The molecule has 66 valence electrons. The molecule has 0 aromatic rings. The molecule has 1 nitrogen and oxygen atoms in total. The molecule has 1 saturated carbocycles. The molecule has 0 saturated heterocycles. The lowest BCUT2D eigenvalue weighted by Crippen LogP contribution is -2.40. The molecule has 1 fully saturated rings. The zero-order valence-electron chi connectivity index (χ0n) is 7.80. The monoisotopic (exact) mass is 173 g/mol. The van der Waals surface area contributed by atoms with E-state index in [0.29, 0.717) is 0 Å². The summed E-state index contributed by atoms with van der Waals surface area (Å²) in [4.78, 5) is 0. The second kappa shape index (κ2) is 3.36. The maximum absolute atomic E-state index is 4.54. The smallest absolute Gasteiger partial charge is 0.0229 e. The van der Waals surface area contributed by atoms with Gasteiger partial charge in [-0.1, -0.05) is 25.7 Å². The lowest BCUT2D eigenvalue weighted by molar-refractivity contribution is 0.215. The first-order valence-electron chi connectivity index (χ1n) is 4.50. The molecule has 0 heterocycles. The minimum Gasteiger partial charge on any atom is -0.245 e. The molecule has 0 unspecified atom stereocenters. The highest BCUT2D eigenvalue weighted by Crippen LogP contribution is 2.30. The molecule has 0 spiro atoms.